The fourth-order valence-electron chi connectivity index (χ4n) is 1.20. The summed E-state index contributed by atoms with van der Waals surface area (Å²) in [4.78, 5) is 13.7. The summed E-state index contributed by atoms with van der Waals surface area (Å²) in [6.45, 7) is 4.64. The molecule has 0 aromatic rings. The highest BCUT2D eigenvalue weighted by atomic mass is 16.5. The number of esters is 1. The number of hydrogen-bond donors (Lipinski definition) is 2. The summed E-state index contributed by atoms with van der Waals surface area (Å²) in [7, 11) is 0. The van der Waals surface area contributed by atoms with E-state index in [0.29, 0.717) is 0 Å². The van der Waals surface area contributed by atoms with E-state index in [1.54, 1.807) is 6.92 Å². The van der Waals surface area contributed by atoms with E-state index in [9.17, 15) is 15.0 Å². The van der Waals surface area contributed by atoms with Crippen molar-refractivity contribution in [3.05, 3.63) is 22.6 Å². The Morgan fingerprint density at radius 1 is 1.65 bits per heavy atom. The molecule has 0 amide bonds. The molecule has 0 unspecified atom stereocenters. The molecule has 7 nitrogen and oxygen atoms in total. The lowest BCUT2D eigenvalue weighted by Gasteiger charge is -2.28. The molecule has 0 heterocycles. The molecule has 0 aliphatic heterocycles. The van der Waals surface area contributed by atoms with E-state index in [2.05, 4.69) is 14.8 Å². The van der Waals surface area contributed by atoms with E-state index in [1.165, 1.54) is 19.9 Å². The van der Waals surface area contributed by atoms with Crippen molar-refractivity contribution in [3.8, 4) is 0 Å². The molecule has 0 spiro atoms. The molecule has 0 saturated heterocycles. The van der Waals surface area contributed by atoms with Gasteiger partial charge in [-0.05, 0) is 26.3 Å². The van der Waals surface area contributed by atoms with Crippen molar-refractivity contribution in [2.24, 2.45) is 5.11 Å². The summed E-state index contributed by atoms with van der Waals surface area (Å²) in [5, 5.41) is 22.4. The van der Waals surface area contributed by atoms with E-state index in [-0.39, 0.29) is 6.61 Å². The number of aliphatic hydroxyl groups excluding tert-OH is 2. The van der Waals surface area contributed by atoms with Crippen LogP contribution in [-0.4, -0.2) is 40.5 Å². The number of rotatable bonds is 6. The van der Waals surface area contributed by atoms with Gasteiger partial charge in [-0.1, -0.05) is 11.2 Å². The van der Waals surface area contributed by atoms with Gasteiger partial charge >= 0.3 is 5.97 Å². The Morgan fingerprint density at radius 2 is 2.24 bits per heavy atom. The van der Waals surface area contributed by atoms with Crippen LogP contribution in [0.25, 0.3) is 10.4 Å². The summed E-state index contributed by atoms with van der Waals surface area (Å²) in [6, 6.07) is 0. The summed E-state index contributed by atoms with van der Waals surface area (Å²) >= 11 is 0. The van der Waals surface area contributed by atoms with Gasteiger partial charge in [0.15, 0.2) is 0 Å². The molecule has 0 aromatic carbocycles. The molecular formula is C10H17N3O4. The minimum Gasteiger partial charge on any atom is -0.463 e. The number of aliphatic hydroxyl groups is 2. The standard InChI is InChI=1S/C10H17N3O4/c1-4-17-8(15)5-6-10(3,12-13-11)9(16)7(2)14/h5-7,9,14,16H,4H2,1-3H3/b6-5-/t7-,9+,10+/m0/s1. The van der Waals surface area contributed by atoms with Crippen molar-refractivity contribution in [3.63, 3.8) is 0 Å². The first-order valence-electron chi connectivity index (χ1n) is 5.15. The summed E-state index contributed by atoms with van der Waals surface area (Å²) in [5.41, 5.74) is 7.01. The molecule has 0 fully saturated rings. The van der Waals surface area contributed by atoms with E-state index in [0.717, 1.165) is 6.08 Å². The number of ether oxygens (including phenoxy) is 1. The van der Waals surface area contributed by atoms with Gasteiger partial charge in [0.05, 0.1) is 24.4 Å². The fraction of sp³-hybridized carbons (Fsp3) is 0.700. The van der Waals surface area contributed by atoms with Crippen LogP contribution in [0.4, 0.5) is 0 Å². The lowest BCUT2D eigenvalue weighted by Crippen LogP contribution is -2.42. The first-order valence-corrected chi connectivity index (χ1v) is 5.15. The summed E-state index contributed by atoms with van der Waals surface area (Å²) in [5.74, 6) is -0.607. The van der Waals surface area contributed by atoms with Gasteiger partial charge in [-0.2, -0.15) is 0 Å². The average Bonchev–Trinajstić information content (AvgIpc) is 2.26. The zero-order valence-corrected chi connectivity index (χ0v) is 10.1. The van der Waals surface area contributed by atoms with Gasteiger partial charge in [-0.3, -0.25) is 0 Å². The van der Waals surface area contributed by atoms with Gasteiger partial charge in [-0.25, -0.2) is 4.79 Å². The molecule has 0 aromatic heterocycles. The third-order valence-electron chi connectivity index (χ3n) is 2.16. The van der Waals surface area contributed by atoms with Gasteiger partial charge < -0.3 is 14.9 Å². The molecule has 3 atom stereocenters. The van der Waals surface area contributed by atoms with Crippen LogP contribution in [0.15, 0.2) is 17.3 Å². The first kappa shape index (κ1) is 15.4. The number of carbonyl (C=O) groups excluding carboxylic acids is 1. The molecule has 7 heteroatoms. The zero-order valence-electron chi connectivity index (χ0n) is 10.1. The summed E-state index contributed by atoms with van der Waals surface area (Å²) < 4.78 is 4.65. The minimum absolute atomic E-state index is 0.223. The van der Waals surface area contributed by atoms with Crippen LogP contribution < -0.4 is 0 Å². The lowest BCUT2D eigenvalue weighted by molar-refractivity contribution is -0.137. The van der Waals surface area contributed by atoms with Crippen LogP contribution in [0.2, 0.25) is 0 Å². The topological polar surface area (TPSA) is 116 Å². The number of azide groups is 1. The number of nitrogens with zero attached hydrogens (tertiary/aromatic N) is 3. The molecule has 0 aliphatic carbocycles. The molecule has 96 valence electrons. The van der Waals surface area contributed by atoms with Gasteiger partial charge in [-0.15, -0.1) is 0 Å². The number of carbonyl (C=O) groups is 1. The average molecular weight is 243 g/mol. The van der Waals surface area contributed by atoms with Crippen molar-refractivity contribution in [1.29, 1.82) is 0 Å². The van der Waals surface area contributed by atoms with Gasteiger partial charge in [0.25, 0.3) is 0 Å². The molecule has 0 bridgehead atoms. The molecular weight excluding hydrogens is 226 g/mol. The van der Waals surface area contributed by atoms with Gasteiger partial charge in [0, 0.05) is 11.0 Å². The Bertz CT molecular complexity index is 336. The SMILES string of the molecule is CCOC(=O)/C=C\[C@@](C)(N=[N+]=[N-])[C@H](O)[C@H](C)O. The van der Waals surface area contributed by atoms with Crippen LogP contribution in [0.5, 0.6) is 0 Å². The highest BCUT2D eigenvalue weighted by Crippen LogP contribution is 2.21. The Kier molecular flexibility index (Phi) is 6.27. The molecule has 2 N–H and O–H groups in total. The van der Waals surface area contributed by atoms with Crippen LogP contribution in [0.1, 0.15) is 20.8 Å². The monoisotopic (exact) mass is 243 g/mol. The third kappa shape index (κ3) is 4.86. The minimum atomic E-state index is -1.41. The van der Waals surface area contributed by atoms with Crippen molar-refractivity contribution < 1.29 is 19.7 Å². The van der Waals surface area contributed by atoms with Crippen molar-refractivity contribution in [2.75, 3.05) is 6.61 Å². The maximum atomic E-state index is 11.1. The molecule has 0 rings (SSSR count). The molecule has 0 aliphatic rings. The predicted octanol–water partition coefficient (Wildman–Crippen LogP) is 0.916. The largest absolute Gasteiger partial charge is 0.463 e. The second-order valence-electron chi connectivity index (χ2n) is 3.69. The van der Waals surface area contributed by atoms with E-state index < -0.39 is 23.7 Å². The zero-order chi connectivity index (χ0) is 13.5. The second-order valence-corrected chi connectivity index (χ2v) is 3.69. The Hall–Kier alpha value is -1.56. The Morgan fingerprint density at radius 3 is 2.65 bits per heavy atom. The molecule has 17 heavy (non-hydrogen) atoms. The van der Waals surface area contributed by atoms with Crippen LogP contribution in [0, 0.1) is 0 Å². The summed E-state index contributed by atoms with van der Waals surface area (Å²) in [6.07, 6.45) is -0.146. The quantitative estimate of drug-likeness (QED) is 0.237. The maximum absolute atomic E-state index is 11.1. The van der Waals surface area contributed by atoms with Crippen molar-refractivity contribution in [2.45, 2.75) is 38.5 Å². The van der Waals surface area contributed by atoms with Gasteiger partial charge in [0.2, 0.25) is 0 Å². The lowest BCUT2D eigenvalue weighted by atomic mass is 9.92. The van der Waals surface area contributed by atoms with E-state index in [4.69, 9.17) is 5.53 Å². The third-order valence-corrected chi connectivity index (χ3v) is 2.16. The Labute approximate surface area is 99.3 Å². The predicted molar refractivity (Wildman–Crippen MR) is 61.0 cm³/mol. The Balaban J connectivity index is 4.97. The smallest absolute Gasteiger partial charge is 0.330 e. The fourth-order valence-corrected chi connectivity index (χ4v) is 1.20. The van der Waals surface area contributed by atoms with Crippen LogP contribution >= 0.6 is 0 Å². The van der Waals surface area contributed by atoms with E-state index in [1.807, 2.05) is 0 Å². The highest BCUT2D eigenvalue weighted by molar-refractivity contribution is 5.82. The first-order chi connectivity index (χ1) is 7.87. The second kappa shape index (κ2) is 6.90. The van der Waals surface area contributed by atoms with Crippen LogP contribution in [0.3, 0.4) is 0 Å². The van der Waals surface area contributed by atoms with Crippen molar-refractivity contribution in [1.82, 2.24) is 0 Å². The normalized spacial score (nSPS) is 17.9. The van der Waals surface area contributed by atoms with Crippen LogP contribution in [-0.2, 0) is 9.53 Å². The maximum Gasteiger partial charge on any atom is 0.330 e. The molecule has 0 radical (unpaired) electrons. The van der Waals surface area contributed by atoms with Gasteiger partial charge in [0.1, 0.15) is 0 Å². The van der Waals surface area contributed by atoms with Crippen molar-refractivity contribution >= 4 is 5.97 Å². The number of hydrogen-bond acceptors (Lipinski definition) is 5. The highest BCUT2D eigenvalue weighted by Gasteiger charge is 2.33. The van der Waals surface area contributed by atoms with E-state index >= 15 is 0 Å². The molecule has 0 saturated carbocycles.